The summed E-state index contributed by atoms with van der Waals surface area (Å²) in [5.74, 6) is -0.336. The Hall–Kier alpha value is -1.53. The zero-order chi connectivity index (χ0) is 13.6. The number of alkyl halides is 3. The fourth-order valence-electron chi connectivity index (χ4n) is 2.23. The van der Waals surface area contributed by atoms with E-state index >= 15 is 0 Å². The predicted octanol–water partition coefficient (Wildman–Crippen LogP) is 2.40. The third-order valence-corrected chi connectivity index (χ3v) is 2.90. The van der Waals surface area contributed by atoms with E-state index < -0.39 is 23.9 Å². The summed E-state index contributed by atoms with van der Waals surface area (Å²) in [6.45, 7) is 3.37. The first-order valence-corrected chi connectivity index (χ1v) is 5.48. The van der Waals surface area contributed by atoms with E-state index in [-0.39, 0.29) is 18.8 Å². The third kappa shape index (κ3) is 2.65. The van der Waals surface area contributed by atoms with Crippen LogP contribution in [0.3, 0.4) is 0 Å². The molecule has 1 amide bonds. The van der Waals surface area contributed by atoms with Crippen molar-refractivity contribution in [3.05, 3.63) is 17.5 Å². The van der Waals surface area contributed by atoms with Gasteiger partial charge in [0, 0.05) is 24.6 Å². The maximum atomic E-state index is 12.3. The van der Waals surface area contributed by atoms with Crippen molar-refractivity contribution in [2.75, 3.05) is 13.1 Å². The number of carbonyl (C=O) groups excluding carboxylic acids is 1. The van der Waals surface area contributed by atoms with Crippen molar-refractivity contribution in [3.63, 3.8) is 0 Å². The van der Waals surface area contributed by atoms with Crippen LogP contribution in [-0.2, 0) is 0 Å². The van der Waals surface area contributed by atoms with Crippen LogP contribution in [0.2, 0.25) is 0 Å². The van der Waals surface area contributed by atoms with Crippen molar-refractivity contribution >= 4 is 5.91 Å². The highest BCUT2D eigenvalue weighted by molar-refractivity contribution is 5.92. The first-order chi connectivity index (χ1) is 8.19. The molecule has 4 nitrogen and oxygen atoms in total. The number of carbonyl (C=O) groups is 1. The zero-order valence-corrected chi connectivity index (χ0v) is 10.0. The van der Waals surface area contributed by atoms with Crippen molar-refractivity contribution in [1.82, 2.24) is 10.1 Å². The molecule has 0 atom stereocenters. The minimum Gasteiger partial charge on any atom is -0.351 e. The molecule has 7 heteroatoms. The highest BCUT2D eigenvalue weighted by Crippen LogP contribution is 2.40. The van der Waals surface area contributed by atoms with Crippen LogP contribution in [0, 0.1) is 12.3 Å². The van der Waals surface area contributed by atoms with Crippen molar-refractivity contribution in [2.24, 2.45) is 5.41 Å². The molecule has 1 aromatic rings. The SMILES string of the molecule is Cc1cc(C(=O)N2CC(C)(CC(F)(F)F)C2)on1. The lowest BCUT2D eigenvalue weighted by molar-refractivity contribution is -0.172. The molecule has 2 heterocycles. The molecular formula is C11H13F3N2O2. The van der Waals surface area contributed by atoms with Gasteiger partial charge >= 0.3 is 6.18 Å². The number of nitrogens with zero attached hydrogens (tertiary/aromatic N) is 2. The monoisotopic (exact) mass is 262 g/mol. The lowest BCUT2D eigenvalue weighted by atomic mass is 9.78. The van der Waals surface area contributed by atoms with Crippen LogP contribution in [0.25, 0.3) is 0 Å². The van der Waals surface area contributed by atoms with Gasteiger partial charge in [-0.05, 0) is 6.92 Å². The van der Waals surface area contributed by atoms with Crippen LogP contribution in [-0.4, -0.2) is 35.2 Å². The van der Waals surface area contributed by atoms with Gasteiger partial charge in [-0.3, -0.25) is 4.79 Å². The Kier molecular flexibility index (Phi) is 2.87. The summed E-state index contributed by atoms with van der Waals surface area (Å²) >= 11 is 0. The number of amides is 1. The van der Waals surface area contributed by atoms with E-state index in [1.165, 1.54) is 17.9 Å². The van der Waals surface area contributed by atoms with Gasteiger partial charge in [-0.25, -0.2) is 0 Å². The Labute approximate surface area is 102 Å². The molecule has 0 bridgehead atoms. The molecule has 1 fully saturated rings. The maximum Gasteiger partial charge on any atom is 0.389 e. The van der Waals surface area contributed by atoms with Crippen LogP contribution < -0.4 is 0 Å². The summed E-state index contributed by atoms with van der Waals surface area (Å²) in [7, 11) is 0. The van der Waals surface area contributed by atoms with Crippen LogP contribution in [0.4, 0.5) is 13.2 Å². The molecule has 0 radical (unpaired) electrons. The Balaban J connectivity index is 1.95. The highest BCUT2D eigenvalue weighted by atomic mass is 19.4. The normalized spacial score (nSPS) is 18.6. The third-order valence-electron chi connectivity index (χ3n) is 2.90. The Bertz CT molecular complexity index is 461. The summed E-state index contributed by atoms with van der Waals surface area (Å²) in [4.78, 5) is 13.1. The number of likely N-dealkylation sites (tertiary alicyclic amines) is 1. The molecule has 0 N–H and O–H groups in total. The van der Waals surface area contributed by atoms with Crippen molar-refractivity contribution in [2.45, 2.75) is 26.4 Å². The first-order valence-electron chi connectivity index (χ1n) is 5.48. The molecule has 100 valence electrons. The Morgan fingerprint density at radius 2 is 2.17 bits per heavy atom. The topological polar surface area (TPSA) is 46.3 Å². The van der Waals surface area contributed by atoms with Crippen LogP contribution in [0.5, 0.6) is 0 Å². The molecule has 1 aliphatic heterocycles. The molecule has 18 heavy (non-hydrogen) atoms. The smallest absolute Gasteiger partial charge is 0.351 e. The first kappa shape index (κ1) is 12.9. The molecule has 0 spiro atoms. The minimum absolute atomic E-state index is 0.0709. The van der Waals surface area contributed by atoms with Crippen LogP contribution in [0.15, 0.2) is 10.6 Å². The van der Waals surface area contributed by atoms with Crippen molar-refractivity contribution < 1.29 is 22.5 Å². The van der Waals surface area contributed by atoms with Gasteiger partial charge in [0.05, 0.1) is 12.1 Å². The summed E-state index contributed by atoms with van der Waals surface area (Å²) in [5.41, 5.74) is -0.319. The van der Waals surface area contributed by atoms with E-state index in [1.807, 2.05) is 0 Å². The van der Waals surface area contributed by atoms with Crippen molar-refractivity contribution in [1.29, 1.82) is 0 Å². The predicted molar refractivity (Wildman–Crippen MR) is 55.9 cm³/mol. The molecule has 1 aromatic heterocycles. The molecule has 2 rings (SSSR count). The number of aromatic nitrogens is 1. The summed E-state index contributed by atoms with van der Waals surface area (Å²) in [5, 5.41) is 3.57. The molecule has 0 unspecified atom stereocenters. The maximum absolute atomic E-state index is 12.3. The van der Waals surface area contributed by atoms with E-state index in [0.717, 1.165) is 0 Å². The average Bonchev–Trinajstić information content (AvgIpc) is 2.57. The van der Waals surface area contributed by atoms with E-state index in [0.29, 0.717) is 5.69 Å². The summed E-state index contributed by atoms with van der Waals surface area (Å²) < 4.78 is 41.7. The second kappa shape index (κ2) is 4.00. The molecule has 1 aliphatic rings. The average molecular weight is 262 g/mol. The fourth-order valence-corrected chi connectivity index (χ4v) is 2.23. The number of hydrogen-bond donors (Lipinski definition) is 0. The highest BCUT2D eigenvalue weighted by Gasteiger charge is 2.48. The van der Waals surface area contributed by atoms with E-state index in [1.54, 1.807) is 6.92 Å². The quantitative estimate of drug-likeness (QED) is 0.822. The largest absolute Gasteiger partial charge is 0.389 e. The second-order valence-electron chi connectivity index (χ2n) is 5.10. The van der Waals surface area contributed by atoms with Crippen molar-refractivity contribution in [3.8, 4) is 0 Å². The number of aryl methyl sites for hydroxylation is 1. The van der Waals surface area contributed by atoms with Gasteiger partial charge in [0.15, 0.2) is 0 Å². The Morgan fingerprint density at radius 1 is 1.56 bits per heavy atom. The van der Waals surface area contributed by atoms with Gasteiger partial charge in [-0.2, -0.15) is 13.2 Å². The van der Waals surface area contributed by atoms with Gasteiger partial charge in [0.1, 0.15) is 0 Å². The standard InChI is InChI=1S/C11H13F3N2O2/c1-7-3-8(18-15-7)9(17)16-5-10(2,6-16)4-11(12,13)14/h3H,4-6H2,1-2H3. The zero-order valence-electron chi connectivity index (χ0n) is 10.0. The number of hydrogen-bond acceptors (Lipinski definition) is 3. The van der Waals surface area contributed by atoms with E-state index in [2.05, 4.69) is 5.16 Å². The van der Waals surface area contributed by atoms with Gasteiger partial charge in [0.25, 0.3) is 5.91 Å². The van der Waals surface area contributed by atoms with E-state index in [9.17, 15) is 18.0 Å². The molecule has 1 saturated heterocycles. The second-order valence-corrected chi connectivity index (χ2v) is 5.10. The van der Waals surface area contributed by atoms with E-state index in [4.69, 9.17) is 4.52 Å². The fraction of sp³-hybridized carbons (Fsp3) is 0.636. The number of rotatable bonds is 2. The van der Waals surface area contributed by atoms with Gasteiger partial charge in [-0.1, -0.05) is 12.1 Å². The van der Waals surface area contributed by atoms with Gasteiger partial charge < -0.3 is 9.42 Å². The lowest BCUT2D eigenvalue weighted by Gasteiger charge is -2.47. The molecule has 0 saturated carbocycles. The Morgan fingerprint density at radius 3 is 2.61 bits per heavy atom. The summed E-state index contributed by atoms with van der Waals surface area (Å²) in [6, 6.07) is 1.47. The van der Waals surface area contributed by atoms with Crippen LogP contribution >= 0.6 is 0 Å². The lowest BCUT2D eigenvalue weighted by Crippen LogP contribution is -2.58. The molecular weight excluding hydrogens is 249 g/mol. The minimum atomic E-state index is -4.20. The number of halogens is 3. The molecule has 0 aliphatic carbocycles. The van der Waals surface area contributed by atoms with Crippen LogP contribution in [0.1, 0.15) is 29.6 Å². The molecule has 0 aromatic carbocycles. The summed E-state index contributed by atoms with van der Waals surface area (Å²) in [6.07, 6.45) is -5.08. The van der Waals surface area contributed by atoms with Gasteiger partial charge in [0.2, 0.25) is 5.76 Å². The van der Waals surface area contributed by atoms with Gasteiger partial charge in [-0.15, -0.1) is 0 Å².